The van der Waals surface area contributed by atoms with Crippen LogP contribution >= 0.6 is 22.6 Å². The predicted octanol–water partition coefficient (Wildman–Crippen LogP) is 0.803. The molecular formula is C15H15IN4O4. The van der Waals surface area contributed by atoms with Crippen LogP contribution in [0.1, 0.15) is 28.8 Å². The van der Waals surface area contributed by atoms with E-state index in [4.69, 9.17) is 0 Å². The Balaban J connectivity index is 1.93. The summed E-state index contributed by atoms with van der Waals surface area (Å²) >= 11 is 2.06. The van der Waals surface area contributed by atoms with E-state index < -0.39 is 11.9 Å². The average molecular weight is 442 g/mol. The van der Waals surface area contributed by atoms with Gasteiger partial charge in [0.15, 0.2) is 0 Å². The maximum atomic E-state index is 12.8. The van der Waals surface area contributed by atoms with Crippen molar-refractivity contribution in [3.63, 3.8) is 0 Å². The highest BCUT2D eigenvalue weighted by atomic mass is 127. The number of fused-ring (bicyclic) bond motifs is 1. The molecule has 24 heavy (non-hydrogen) atoms. The van der Waals surface area contributed by atoms with Crippen LogP contribution < -0.4 is 16.0 Å². The number of amides is 5. The van der Waals surface area contributed by atoms with Gasteiger partial charge in [-0.05, 0) is 41.1 Å². The first-order valence-electron chi connectivity index (χ1n) is 7.37. The summed E-state index contributed by atoms with van der Waals surface area (Å²) in [6, 6.07) is 2.42. The van der Waals surface area contributed by atoms with Gasteiger partial charge >= 0.3 is 6.03 Å². The Morgan fingerprint density at radius 1 is 1.33 bits per heavy atom. The molecule has 5 amide bonds. The van der Waals surface area contributed by atoms with Crippen molar-refractivity contribution in [3.8, 4) is 0 Å². The number of anilines is 1. The minimum Gasteiger partial charge on any atom is -0.341 e. The summed E-state index contributed by atoms with van der Waals surface area (Å²) in [5.41, 5.74) is 1.71. The van der Waals surface area contributed by atoms with Crippen molar-refractivity contribution in [2.45, 2.75) is 25.4 Å². The molecule has 8 nitrogen and oxygen atoms in total. The Morgan fingerprint density at radius 2 is 2.08 bits per heavy atom. The van der Waals surface area contributed by atoms with E-state index in [0.29, 0.717) is 23.2 Å². The number of hydrogen-bond acceptors (Lipinski definition) is 4. The number of nitrogens with zero attached hydrogens (tertiary/aromatic N) is 1. The number of piperidine rings is 1. The maximum Gasteiger partial charge on any atom is 0.318 e. The molecule has 0 radical (unpaired) electrons. The van der Waals surface area contributed by atoms with E-state index in [2.05, 4.69) is 38.5 Å². The van der Waals surface area contributed by atoms with E-state index in [-0.39, 0.29) is 30.8 Å². The second kappa shape index (κ2) is 6.38. The molecule has 1 saturated heterocycles. The lowest BCUT2D eigenvalue weighted by atomic mass is 10.0. The number of urea groups is 1. The van der Waals surface area contributed by atoms with Gasteiger partial charge in [0.1, 0.15) is 6.04 Å². The zero-order valence-electron chi connectivity index (χ0n) is 12.8. The summed E-state index contributed by atoms with van der Waals surface area (Å²) in [6.07, 6.45) is 0.510. The van der Waals surface area contributed by atoms with Crippen LogP contribution in [0, 0.1) is 3.57 Å². The minimum absolute atomic E-state index is 0.205. The number of nitrogens with one attached hydrogen (secondary N) is 3. The first-order valence-corrected chi connectivity index (χ1v) is 8.45. The molecule has 1 aromatic rings. The molecule has 1 fully saturated rings. The third kappa shape index (κ3) is 2.83. The molecule has 9 heteroatoms. The Bertz CT molecular complexity index is 764. The van der Waals surface area contributed by atoms with Crippen molar-refractivity contribution in [1.82, 2.24) is 15.5 Å². The van der Waals surface area contributed by atoms with Gasteiger partial charge in [-0.3, -0.25) is 19.7 Å². The molecule has 1 aromatic carbocycles. The normalized spacial score (nSPS) is 19.8. The first kappa shape index (κ1) is 16.7. The van der Waals surface area contributed by atoms with Crippen molar-refractivity contribution in [1.29, 1.82) is 0 Å². The van der Waals surface area contributed by atoms with E-state index in [1.165, 1.54) is 11.9 Å². The zero-order valence-corrected chi connectivity index (χ0v) is 15.0. The lowest BCUT2D eigenvalue weighted by Crippen LogP contribution is -2.52. The first-order chi connectivity index (χ1) is 11.4. The molecule has 3 rings (SSSR count). The molecule has 0 aliphatic carbocycles. The standard InChI is InChI=1S/C15H15IN4O4/c1-17-15(24)18-9-3-2-8(16)12-7(9)6-20(14(12)23)10-4-5-11(21)19-13(10)22/h2-3,10H,4-6H2,1H3,(H2,17,18,24)(H,19,21,22). The maximum absolute atomic E-state index is 12.8. The molecule has 0 spiro atoms. The third-order valence-corrected chi connectivity index (χ3v) is 5.03. The van der Waals surface area contributed by atoms with Crippen molar-refractivity contribution >= 4 is 52.0 Å². The summed E-state index contributed by atoms with van der Waals surface area (Å²) < 4.78 is 0.754. The molecule has 0 saturated carbocycles. The van der Waals surface area contributed by atoms with Crippen molar-refractivity contribution in [3.05, 3.63) is 26.8 Å². The van der Waals surface area contributed by atoms with Crippen LogP contribution in [0.25, 0.3) is 0 Å². The average Bonchev–Trinajstić information content (AvgIpc) is 2.88. The van der Waals surface area contributed by atoms with Crippen molar-refractivity contribution in [2.24, 2.45) is 0 Å². The van der Waals surface area contributed by atoms with E-state index in [1.54, 1.807) is 12.1 Å². The molecule has 2 aliphatic heterocycles. The van der Waals surface area contributed by atoms with Gasteiger partial charge < -0.3 is 15.5 Å². The minimum atomic E-state index is -0.675. The predicted molar refractivity (Wildman–Crippen MR) is 93.3 cm³/mol. The Labute approximate surface area is 151 Å². The number of hydrogen-bond donors (Lipinski definition) is 3. The Morgan fingerprint density at radius 3 is 2.75 bits per heavy atom. The van der Waals surface area contributed by atoms with E-state index in [9.17, 15) is 19.2 Å². The number of rotatable bonds is 2. The van der Waals surface area contributed by atoms with Crippen LogP contribution in [0.5, 0.6) is 0 Å². The van der Waals surface area contributed by atoms with Gasteiger partial charge in [0.25, 0.3) is 5.91 Å². The number of halogens is 1. The molecule has 1 atom stereocenters. The van der Waals surface area contributed by atoms with Crippen LogP contribution in [0.2, 0.25) is 0 Å². The molecular weight excluding hydrogens is 427 g/mol. The van der Waals surface area contributed by atoms with E-state index in [0.717, 1.165) is 3.57 Å². The van der Waals surface area contributed by atoms with Gasteiger partial charge in [-0.15, -0.1) is 0 Å². The molecule has 0 aromatic heterocycles. The van der Waals surface area contributed by atoms with Crippen molar-refractivity contribution < 1.29 is 19.2 Å². The number of benzene rings is 1. The highest BCUT2D eigenvalue weighted by molar-refractivity contribution is 14.1. The topological polar surface area (TPSA) is 108 Å². The van der Waals surface area contributed by atoms with Gasteiger partial charge in [0, 0.05) is 34.8 Å². The molecule has 126 valence electrons. The Hall–Kier alpha value is -2.17. The molecule has 2 aliphatic rings. The second-order valence-corrected chi connectivity index (χ2v) is 6.71. The quantitative estimate of drug-likeness (QED) is 0.466. The van der Waals surface area contributed by atoms with Crippen LogP contribution in [-0.2, 0) is 16.1 Å². The highest BCUT2D eigenvalue weighted by Gasteiger charge is 2.40. The largest absolute Gasteiger partial charge is 0.341 e. The monoisotopic (exact) mass is 442 g/mol. The molecule has 3 N–H and O–H groups in total. The summed E-state index contributed by atoms with van der Waals surface area (Å²) in [4.78, 5) is 49.2. The summed E-state index contributed by atoms with van der Waals surface area (Å²) in [6.45, 7) is 0.219. The zero-order chi connectivity index (χ0) is 17.4. The van der Waals surface area contributed by atoms with E-state index >= 15 is 0 Å². The lowest BCUT2D eigenvalue weighted by molar-refractivity contribution is -0.136. The van der Waals surface area contributed by atoms with Crippen LogP contribution in [-0.4, -0.2) is 41.7 Å². The summed E-state index contributed by atoms with van der Waals surface area (Å²) in [5.74, 6) is -1.04. The smallest absolute Gasteiger partial charge is 0.318 e. The summed E-state index contributed by atoms with van der Waals surface area (Å²) in [7, 11) is 1.50. The van der Waals surface area contributed by atoms with Gasteiger partial charge in [-0.1, -0.05) is 0 Å². The van der Waals surface area contributed by atoms with Gasteiger partial charge in [0.2, 0.25) is 11.8 Å². The van der Waals surface area contributed by atoms with E-state index in [1.807, 2.05) is 0 Å². The second-order valence-electron chi connectivity index (χ2n) is 5.55. The molecule has 1 unspecified atom stereocenters. The third-order valence-electron chi connectivity index (χ3n) is 4.13. The van der Waals surface area contributed by atoms with Crippen LogP contribution in [0.15, 0.2) is 12.1 Å². The Kier molecular flexibility index (Phi) is 4.43. The highest BCUT2D eigenvalue weighted by Crippen LogP contribution is 2.35. The number of carbonyl (C=O) groups is 4. The molecule has 2 heterocycles. The van der Waals surface area contributed by atoms with Crippen LogP contribution in [0.4, 0.5) is 10.5 Å². The molecule has 0 bridgehead atoms. The van der Waals surface area contributed by atoms with Crippen LogP contribution in [0.3, 0.4) is 0 Å². The number of imide groups is 1. The summed E-state index contributed by atoms with van der Waals surface area (Å²) in [5, 5.41) is 7.43. The fourth-order valence-electron chi connectivity index (χ4n) is 2.93. The van der Waals surface area contributed by atoms with Crippen molar-refractivity contribution in [2.75, 3.05) is 12.4 Å². The SMILES string of the molecule is CNC(=O)Nc1ccc(I)c2c1CN(C1CCC(=O)NC1=O)C2=O. The van der Waals surface area contributed by atoms with Gasteiger partial charge in [-0.2, -0.15) is 0 Å². The fourth-order valence-corrected chi connectivity index (χ4v) is 3.67. The van der Waals surface area contributed by atoms with Gasteiger partial charge in [-0.25, -0.2) is 4.79 Å². The fraction of sp³-hybridized carbons (Fsp3) is 0.333. The number of carbonyl (C=O) groups excluding carboxylic acids is 4. The van der Waals surface area contributed by atoms with Gasteiger partial charge in [0.05, 0.1) is 5.56 Å². The lowest BCUT2D eigenvalue weighted by Gasteiger charge is -2.29.